The van der Waals surface area contributed by atoms with E-state index in [1.807, 2.05) is 0 Å². The zero-order chi connectivity index (χ0) is 26.4. The number of oxime groups is 1. The topological polar surface area (TPSA) is 65.0 Å². The van der Waals surface area contributed by atoms with Crippen molar-refractivity contribution in [3.63, 3.8) is 0 Å². The van der Waals surface area contributed by atoms with E-state index in [4.69, 9.17) is 4.74 Å². The molecule has 0 unspecified atom stereocenters. The Morgan fingerprint density at radius 1 is 0.806 bits per heavy atom. The zero-order valence-electron chi connectivity index (χ0n) is 21.0. The Balaban J connectivity index is 1.88. The minimum absolute atomic E-state index is 0.255. The van der Waals surface area contributed by atoms with Crippen LogP contribution in [0.4, 0.5) is 13.2 Å². The lowest BCUT2D eigenvalue weighted by molar-refractivity contribution is -0.0597. The van der Waals surface area contributed by atoms with Crippen LogP contribution in [0.25, 0.3) is 0 Å². The van der Waals surface area contributed by atoms with E-state index in [2.05, 4.69) is 16.4 Å². The zero-order valence-corrected chi connectivity index (χ0v) is 21.8. The Kier molecular flexibility index (Phi) is 12.3. The van der Waals surface area contributed by atoms with Crippen molar-refractivity contribution in [3.05, 3.63) is 59.7 Å². The molecule has 0 amide bonds. The molecular formula is C27H36F3NO4S. The van der Waals surface area contributed by atoms with E-state index in [1.165, 1.54) is 82.7 Å². The van der Waals surface area contributed by atoms with Gasteiger partial charge in [-0.15, -0.1) is 0 Å². The first-order valence-electron chi connectivity index (χ1n) is 12.5. The second kappa shape index (κ2) is 14.9. The van der Waals surface area contributed by atoms with Crippen molar-refractivity contribution in [2.45, 2.75) is 88.6 Å². The minimum Gasteiger partial charge on any atom is -0.497 e. The fraction of sp³-hybridized carbons (Fsp3) is 0.519. The number of nitrogens with zero attached hydrogens (tertiary/aromatic N) is 1. The Labute approximate surface area is 212 Å². The summed E-state index contributed by atoms with van der Waals surface area (Å²) in [4.78, 5) is -0.255. The molecule has 0 aliphatic carbocycles. The monoisotopic (exact) mass is 527 g/mol. The molecule has 5 nitrogen and oxygen atoms in total. The molecule has 2 rings (SSSR count). The fourth-order valence-electron chi connectivity index (χ4n) is 3.79. The third-order valence-electron chi connectivity index (χ3n) is 5.89. The maximum Gasteiger partial charge on any atom is 0.437 e. The second-order valence-electron chi connectivity index (χ2n) is 8.77. The highest BCUT2D eigenvalue weighted by Gasteiger charge is 2.38. The molecule has 0 aliphatic rings. The van der Waals surface area contributed by atoms with Crippen molar-refractivity contribution in [1.82, 2.24) is 0 Å². The maximum absolute atomic E-state index is 13.5. The summed E-state index contributed by atoms with van der Waals surface area (Å²) >= 11 is 0. The number of halogens is 3. The van der Waals surface area contributed by atoms with Gasteiger partial charge in [-0.25, -0.2) is 0 Å². The molecule has 2 aromatic rings. The normalized spacial score (nSPS) is 12.5. The summed E-state index contributed by atoms with van der Waals surface area (Å²) in [5.41, 5.74) is -0.831. The highest BCUT2D eigenvalue weighted by Crippen LogP contribution is 2.25. The molecule has 0 aliphatic heterocycles. The summed E-state index contributed by atoms with van der Waals surface area (Å²) in [6, 6.07) is 10.9. The van der Waals surface area contributed by atoms with E-state index >= 15 is 0 Å². The first-order valence-corrected chi connectivity index (χ1v) is 13.9. The highest BCUT2D eigenvalue weighted by molar-refractivity contribution is 7.86. The van der Waals surface area contributed by atoms with Gasteiger partial charge in [0, 0.05) is 5.56 Å². The lowest BCUT2D eigenvalue weighted by Crippen LogP contribution is -2.25. The van der Waals surface area contributed by atoms with Crippen LogP contribution in [-0.2, 0) is 20.8 Å². The van der Waals surface area contributed by atoms with Gasteiger partial charge >= 0.3 is 16.3 Å². The fourth-order valence-corrected chi connectivity index (χ4v) is 4.51. The lowest BCUT2D eigenvalue weighted by Gasteiger charge is -2.11. The quantitative estimate of drug-likeness (QED) is 0.127. The lowest BCUT2D eigenvalue weighted by atomic mass is 10.0. The smallest absolute Gasteiger partial charge is 0.437 e. The van der Waals surface area contributed by atoms with Crippen LogP contribution in [0.15, 0.2) is 58.6 Å². The van der Waals surface area contributed by atoms with Crippen molar-refractivity contribution in [1.29, 1.82) is 0 Å². The van der Waals surface area contributed by atoms with Crippen LogP contribution in [0, 0.1) is 0 Å². The predicted molar refractivity (Wildman–Crippen MR) is 136 cm³/mol. The van der Waals surface area contributed by atoms with Gasteiger partial charge in [0.25, 0.3) is 0 Å². The highest BCUT2D eigenvalue weighted by atomic mass is 32.2. The number of hydrogen-bond acceptors (Lipinski definition) is 5. The molecule has 0 aromatic heterocycles. The molecular weight excluding hydrogens is 491 g/mol. The molecule has 0 fully saturated rings. The molecule has 200 valence electrons. The van der Waals surface area contributed by atoms with Crippen LogP contribution in [0.3, 0.4) is 0 Å². The molecule has 0 spiro atoms. The van der Waals surface area contributed by atoms with Gasteiger partial charge < -0.3 is 4.74 Å². The summed E-state index contributed by atoms with van der Waals surface area (Å²) in [6.07, 6.45) is 8.21. The van der Waals surface area contributed by atoms with Crippen LogP contribution in [0.5, 0.6) is 5.75 Å². The van der Waals surface area contributed by atoms with E-state index < -0.39 is 22.0 Å². The van der Waals surface area contributed by atoms with E-state index in [0.717, 1.165) is 37.0 Å². The molecule has 0 bridgehead atoms. The third-order valence-corrected chi connectivity index (χ3v) is 7.01. The summed E-state index contributed by atoms with van der Waals surface area (Å²) in [6.45, 7) is 2.22. The largest absolute Gasteiger partial charge is 0.497 e. The number of alkyl halides is 3. The van der Waals surface area contributed by atoms with E-state index in [9.17, 15) is 21.6 Å². The Morgan fingerprint density at radius 3 is 1.83 bits per heavy atom. The van der Waals surface area contributed by atoms with E-state index in [1.54, 1.807) is 12.1 Å². The average molecular weight is 528 g/mol. The minimum atomic E-state index is -4.91. The number of methoxy groups -OCH3 is 1. The van der Waals surface area contributed by atoms with Gasteiger partial charge in [0.1, 0.15) is 10.6 Å². The van der Waals surface area contributed by atoms with Gasteiger partial charge in [0.2, 0.25) is 0 Å². The van der Waals surface area contributed by atoms with Gasteiger partial charge in [-0.3, -0.25) is 4.28 Å². The Bertz CT molecular complexity index is 1030. The standard InChI is InChI=1S/C27H36F3NO4S/c1-3-4-5-6-7-8-9-10-11-12-13-22-14-20-25(21-15-22)36(32,33)35-31-26(27(28,29)30)23-16-18-24(34-2)19-17-23/h14-21H,3-13H2,1-2H3. The van der Waals surface area contributed by atoms with Gasteiger partial charge in [-0.05, 0) is 54.8 Å². The molecule has 0 saturated heterocycles. The van der Waals surface area contributed by atoms with Crippen molar-refractivity contribution in [2.75, 3.05) is 7.11 Å². The van der Waals surface area contributed by atoms with E-state index in [0.29, 0.717) is 5.75 Å². The molecule has 0 atom stereocenters. The second-order valence-corrected chi connectivity index (χ2v) is 10.3. The van der Waals surface area contributed by atoms with Crippen LogP contribution in [0.1, 0.15) is 82.3 Å². The third kappa shape index (κ3) is 10.2. The molecule has 2 aromatic carbocycles. The molecule has 0 N–H and O–H groups in total. The SMILES string of the molecule is CCCCCCCCCCCCc1ccc(S(=O)(=O)ON=C(c2ccc(OC)cc2)C(F)(F)F)cc1. The number of unbranched alkanes of at least 4 members (excludes halogenated alkanes) is 9. The van der Waals surface area contributed by atoms with Crippen LogP contribution in [-0.4, -0.2) is 27.4 Å². The van der Waals surface area contributed by atoms with E-state index in [-0.39, 0.29) is 10.5 Å². The van der Waals surface area contributed by atoms with Crippen molar-refractivity contribution in [3.8, 4) is 5.75 Å². The number of benzene rings is 2. The number of hydrogen-bond donors (Lipinski definition) is 0. The maximum atomic E-state index is 13.5. The summed E-state index contributed by atoms with van der Waals surface area (Å²) < 4.78 is 74.6. The summed E-state index contributed by atoms with van der Waals surface area (Å²) in [5, 5.41) is 2.96. The molecule has 9 heteroatoms. The molecule has 0 heterocycles. The van der Waals surface area contributed by atoms with Crippen molar-refractivity contribution < 1.29 is 30.6 Å². The first-order chi connectivity index (χ1) is 17.2. The summed E-state index contributed by atoms with van der Waals surface area (Å²) in [7, 11) is -3.13. The van der Waals surface area contributed by atoms with Gasteiger partial charge in [-0.2, -0.15) is 21.6 Å². The molecule has 36 heavy (non-hydrogen) atoms. The number of aryl methyl sites for hydroxylation is 1. The van der Waals surface area contributed by atoms with Crippen molar-refractivity contribution >= 4 is 15.8 Å². The molecule has 0 saturated carbocycles. The van der Waals surface area contributed by atoms with Crippen LogP contribution < -0.4 is 4.74 Å². The predicted octanol–water partition coefficient (Wildman–Crippen LogP) is 7.83. The Hall–Kier alpha value is -2.55. The van der Waals surface area contributed by atoms with Gasteiger partial charge in [0.05, 0.1) is 7.11 Å². The number of rotatable bonds is 16. The Morgan fingerprint density at radius 2 is 1.33 bits per heavy atom. The van der Waals surface area contributed by atoms with Crippen LogP contribution >= 0.6 is 0 Å². The number of ether oxygens (including phenoxy) is 1. The van der Waals surface area contributed by atoms with Gasteiger partial charge in [-0.1, -0.05) is 82.0 Å². The van der Waals surface area contributed by atoms with Crippen molar-refractivity contribution in [2.24, 2.45) is 5.16 Å². The summed E-state index contributed by atoms with van der Waals surface area (Å²) in [5.74, 6) is 0.353. The first kappa shape index (κ1) is 29.7. The van der Waals surface area contributed by atoms with Crippen LogP contribution in [0.2, 0.25) is 0 Å². The van der Waals surface area contributed by atoms with Gasteiger partial charge in [0.15, 0.2) is 5.71 Å². The average Bonchev–Trinajstić information content (AvgIpc) is 2.85. The molecule has 0 radical (unpaired) electrons.